The summed E-state index contributed by atoms with van der Waals surface area (Å²) in [6, 6.07) is 8.25. The molecule has 2 unspecified atom stereocenters. The largest absolute Gasteiger partial charge is 0.356 e. The van der Waals surface area contributed by atoms with Gasteiger partial charge >= 0.3 is 0 Å². The summed E-state index contributed by atoms with van der Waals surface area (Å²) < 4.78 is 50.0. The Kier molecular flexibility index (Phi) is 7.00. The monoisotopic (exact) mass is 595 g/mol. The van der Waals surface area contributed by atoms with Gasteiger partial charge in [0.05, 0.1) is 18.3 Å². The van der Waals surface area contributed by atoms with Gasteiger partial charge in [-0.05, 0) is 68.1 Å². The molecule has 0 spiro atoms. The van der Waals surface area contributed by atoms with E-state index >= 15 is 8.78 Å². The molecular formula is C31H32F3N5O4. The molecule has 4 aliphatic heterocycles. The first-order chi connectivity index (χ1) is 20.7. The molecule has 9 nitrogen and oxygen atoms in total. The van der Waals surface area contributed by atoms with Crippen LogP contribution in [0, 0.1) is 5.82 Å². The summed E-state index contributed by atoms with van der Waals surface area (Å²) in [6.07, 6.45) is 2.15. The van der Waals surface area contributed by atoms with Crippen molar-refractivity contribution >= 4 is 28.7 Å². The molecule has 0 bridgehead atoms. The summed E-state index contributed by atoms with van der Waals surface area (Å²) in [5.74, 6) is -4.29. The Morgan fingerprint density at radius 2 is 1.81 bits per heavy atom. The minimum Gasteiger partial charge on any atom is -0.356 e. The fraction of sp³-hybridized carbons (Fsp3) is 0.484. The highest BCUT2D eigenvalue weighted by Gasteiger charge is 2.48. The highest BCUT2D eigenvalue weighted by Crippen LogP contribution is 2.38. The maximum absolute atomic E-state index is 15.6. The van der Waals surface area contributed by atoms with Gasteiger partial charge in [0.2, 0.25) is 11.8 Å². The van der Waals surface area contributed by atoms with Crippen LogP contribution in [0.15, 0.2) is 40.9 Å². The van der Waals surface area contributed by atoms with Crippen LogP contribution in [0.1, 0.15) is 65.2 Å². The second-order valence-corrected chi connectivity index (χ2v) is 12.2. The Hall–Kier alpha value is -3.77. The van der Waals surface area contributed by atoms with Gasteiger partial charge in [0, 0.05) is 49.0 Å². The lowest BCUT2D eigenvalue weighted by Crippen LogP contribution is -2.59. The van der Waals surface area contributed by atoms with Gasteiger partial charge in [-0.1, -0.05) is 17.3 Å². The molecule has 2 aromatic carbocycles. The van der Waals surface area contributed by atoms with E-state index in [1.54, 1.807) is 17.0 Å². The summed E-state index contributed by atoms with van der Waals surface area (Å²) in [5.41, 5.74) is 3.21. The summed E-state index contributed by atoms with van der Waals surface area (Å²) in [5, 5.41) is 7.24. The van der Waals surface area contributed by atoms with E-state index in [4.69, 9.17) is 4.52 Å². The number of imide groups is 1. The van der Waals surface area contributed by atoms with Gasteiger partial charge < -0.3 is 9.42 Å². The Labute approximate surface area is 245 Å². The molecule has 7 rings (SSSR count). The molecule has 1 aromatic heterocycles. The van der Waals surface area contributed by atoms with Gasteiger partial charge in [0.15, 0.2) is 5.58 Å². The van der Waals surface area contributed by atoms with E-state index < -0.39 is 23.9 Å². The SMILES string of the molecule is O=C1CCC(N2Cc3ccc(CN4CCC(N5CCC(c6noc7cc(F)ccc67)CC5)C(F)(F)C4)cc3C2=O)C(=O)N1. The number of aromatic nitrogens is 1. The van der Waals surface area contributed by atoms with Crippen molar-refractivity contribution < 1.29 is 32.1 Å². The highest BCUT2D eigenvalue weighted by atomic mass is 19.3. The predicted octanol–water partition coefficient (Wildman–Crippen LogP) is 3.82. The number of hydrogen-bond donors (Lipinski definition) is 1. The fourth-order valence-electron chi connectivity index (χ4n) is 7.25. The second kappa shape index (κ2) is 10.7. The molecule has 43 heavy (non-hydrogen) atoms. The van der Waals surface area contributed by atoms with E-state index in [9.17, 15) is 18.8 Å². The maximum atomic E-state index is 15.6. The molecule has 5 heterocycles. The van der Waals surface area contributed by atoms with Gasteiger partial charge in [-0.3, -0.25) is 29.5 Å². The fourth-order valence-corrected chi connectivity index (χ4v) is 7.25. The van der Waals surface area contributed by atoms with Crippen LogP contribution in [0.4, 0.5) is 13.2 Å². The third-order valence-electron chi connectivity index (χ3n) is 9.46. The van der Waals surface area contributed by atoms with Crippen LogP contribution < -0.4 is 5.32 Å². The lowest BCUT2D eigenvalue weighted by molar-refractivity contribution is -0.137. The van der Waals surface area contributed by atoms with Crippen LogP contribution in [0.2, 0.25) is 0 Å². The van der Waals surface area contributed by atoms with Crippen molar-refractivity contribution in [2.45, 2.75) is 69.1 Å². The van der Waals surface area contributed by atoms with E-state index in [1.165, 1.54) is 17.0 Å². The van der Waals surface area contributed by atoms with Crippen molar-refractivity contribution in [2.75, 3.05) is 26.2 Å². The molecule has 3 aromatic rings. The van der Waals surface area contributed by atoms with E-state index in [1.807, 2.05) is 17.0 Å². The Balaban J connectivity index is 0.961. The summed E-state index contributed by atoms with van der Waals surface area (Å²) in [4.78, 5) is 42.1. The number of rotatable bonds is 5. The van der Waals surface area contributed by atoms with Crippen molar-refractivity contribution in [1.29, 1.82) is 0 Å². The first kappa shape index (κ1) is 28.0. The van der Waals surface area contributed by atoms with Crippen LogP contribution in [0.25, 0.3) is 11.0 Å². The van der Waals surface area contributed by atoms with Crippen LogP contribution in [-0.2, 0) is 22.7 Å². The Morgan fingerprint density at radius 3 is 2.58 bits per heavy atom. The second-order valence-electron chi connectivity index (χ2n) is 12.2. The molecule has 0 saturated carbocycles. The number of carbonyl (C=O) groups is 3. The molecule has 4 aliphatic rings. The molecule has 3 amide bonds. The van der Waals surface area contributed by atoms with Gasteiger partial charge in [0.25, 0.3) is 11.8 Å². The van der Waals surface area contributed by atoms with Gasteiger partial charge in [-0.25, -0.2) is 13.2 Å². The standard InChI is InChI=1S/C31H32F3N5O4/c32-21-3-4-22-25(14-21)43-36-28(22)19-7-11-38(12-8-19)26-9-10-37(17-31(26,33)34)15-18-1-2-20-16-39(30(42)23(20)13-18)24-5-6-27(40)35-29(24)41/h1-4,13-14,19,24,26H,5-12,15-17H2,(H,35,40,41). The van der Waals surface area contributed by atoms with E-state index in [-0.39, 0.29) is 49.5 Å². The number of hydrogen-bond acceptors (Lipinski definition) is 7. The number of alkyl halides is 2. The summed E-state index contributed by atoms with van der Waals surface area (Å²) in [6.45, 7) is 1.77. The maximum Gasteiger partial charge on any atom is 0.275 e. The van der Waals surface area contributed by atoms with Crippen LogP contribution >= 0.6 is 0 Å². The Morgan fingerprint density at radius 1 is 1.00 bits per heavy atom. The summed E-state index contributed by atoms with van der Waals surface area (Å²) >= 11 is 0. The number of nitrogens with zero attached hydrogens (tertiary/aromatic N) is 4. The normalized spacial score (nSPS) is 25.4. The topological polar surface area (TPSA) is 99.0 Å². The quantitative estimate of drug-likeness (QED) is 0.448. The summed E-state index contributed by atoms with van der Waals surface area (Å²) in [7, 11) is 0. The first-order valence-electron chi connectivity index (χ1n) is 14.8. The smallest absolute Gasteiger partial charge is 0.275 e. The number of amides is 3. The molecule has 3 fully saturated rings. The number of halogens is 3. The average Bonchev–Trinajstić information content (AvgIpc) is 3.53. The molecule has 0 aliphatic carbocycles. The third-order valence-corrected chi connectivity index (χ3v) is 9.46. The number of carbonyl (C=O) groups excluding carboxylic acids is 3. The average molecular weight is 596 g/mol. The number of benzene rings is 2. The van der Waals surface area contributed by atoms with Crippen molar-refractivity contribution in [3.8, 4) is 0 Å². The zero-order chi connectivity index (χ0) is 29.9. The van der Waals surface area contributed by atoms with E-state index in [0.717, 1.165) is 22.2 Å². The minimum absolute atomic E-state index is 0.0742. The lowest BCUT2D eigenvalue weighted by atomic mass is 9.89. The molecule has 226 valence electrons. The van der Waals surface area contributed by atoms with E-state index in [2.05, 4.69) is 10.5 Å². The highest BCUT2D eigenvalue weighted by molar-refractivity contribution is 6.05. The zero-order valence-electron chi connectivity index (χ0n) is 23.5. The van der Waals surface area contributed by atoms with Crippen LogP contribution in [0.3, 0.4) is 0 Å². The van der Waals surface area contributed by atoms with Crippen LogP contribution in [-0.4, -0.2) is 81.8 Å². The first-order valence-corrected chi connectivity index (χ1v) is 14.8. The predicted molar refractivity (Wildman–Crippen MR) is 149 cm³/mol. The molecule has 3 saturated heterocycles. The molecule has 1 N–H and O–H groups in total. The Bertz CT molecular complexity index is 1600. The van der Waals surface area contributed by atoms with Crippen molar-refractivity contribution in [1.82, 2.24) is 25.2 Å². The van der Waals surface area contributed by atoms with Crippen LogP contribution in [0.5, 0.6) is 0 Å². The molecule has 12 heteroatoms. The molecular weight excluding hydrogens is 563 g/mol. The lowest BCUT2D eigenvalue weighted by Gasteiger charge is -2.45. The molecule has 2 atom stereocenters. The van der Waals surface area contributed by atoms with Crippen molar-refractivity contribution in [2.24, 2.45) is 0 Å². The number of piperidine rings is 3. The van der Waals surface area contributed by atoms with Gasteiger partial charge in [-0.2, -0.15) is 0 Å². The molecule has 0 radical (unpaired) electrons. The third kappa shape index (κ3) is 5.20. The number of likely N-dealkylation sites (tertiary alicyclic amines) is 2. The van der Waals surface area contributed by atoms with E-state index in [0.29, 0.717) is 56.6 Å². The van der Waals surface area contributed by atoms with Gasteiger partial charge in [-0.15, -0.1) is 0 Å². The van der Waals surface area contributed by atoms with Gasteiger partial charge in [0.1, 0.15) is 11.9 Å². The minimum atomic E-state index is -2.90. The van der Waals surface area contributed by atoms with Crippen molar-refractivity contribution in [3.05, 3.63) is 64.6 Å². The number of nitrogens with one attached hydrogen (secondary N) is 1. The zero-order valence-corrected chi connectivity index (χ0v) is 23.5. The number of fused-ring (bicyclic) bond motifs is 2. The van der Waals surface area contributed by atoms with Crippen molar-refractivity contribution in [3.63, 3.8) is 0 Å².